The molecule has 3 nitrogen and oxygen atoms in total. The largest absolute Gasteiger partial charge is 0.316 e. The van der Waals surface area contributed by atoms with Gasteiger partial charge < -0.3 is 5.32 Å². The highest BCUT2D eigenvalue weighted by atomic mass is 15.3. The predicted molar refractivity (Wildman–Crippen MR) is 80.1 cm³/mol. The van der Waals surface area contributed by atoms with Crippen LogP contribution in [0.2, 0.25) is 0 Å². The molecule has 1 unspecified atom stereocenters. The average Bonchev–Trinajstić information content (AvgIpc) is 3.11. The highest BCUT2D eigenvalue weighted by Gasteiger charge is 2.41. The zero-order chi connectivity index (χ0) is 13.9. The normalized spacial score (nSPS) is 18.8. The Morgan fingerprint density at radius 1 is 1.47 bits per heavy atom. The van der Waals surface area contributed by atoms with E-state index < -0.39 is 0 Å². The minimum absolute atomic E-state index is 0.399. The number of rotatable bonds is 8. The van der Waals surface area contributed by atoms with Crippen molar-refractivity contribution >= 4 is 0 Å². The molecule has 1 aromatic rings. The lowest BCUT2D eigenvalue weighted by Gasteiger charge is -2.30. The highest BCUT2D eigenvalue weighted by Crippen LogP contribution is 2.47. The van der Waals surface area contributed by atoms with Crippen molar-refractivity contribution in [2.45, 2.75) is 53.5 Å². The maximum absolute atomic E-state index is 4.40. The van der Waals surface area contributed by atoms with Gasteiger partial charge in [-0.15, -0.1) is 0 Å². The predicted octanol–water partition coefficient (Wildman–Crippen LogP) is 3.11. The molecule has 3 heteroatoms. The molecule has 108 valence electrons. The van der Waals surface area contributed by atoms with Crippen molar-refractivity contribution in [3.05, 3.63) is 18.0 Å². The minimum atomic E-state index is 0.399. The first kappa shape index (κ1) is 14.6. The molecule has 1 aromatic heterocycles. The van der Waals surface area contributed by atoms with Gasteiger partial charge in [0.05, 0.1) is 6.20 Å². The first-order valence-electron chi connectivity index (χ1n) is 7.75. The van der Waals surface area contributed by atoms with E-state index in [1.54, 1.807) is 0 Å². The van der Waals surface area contributed by atoms with Gasteiger partial charge in [0.15, 0.2) is 0 Å². The summed E-state index contributed by atoms with van der Waals surface area (Å²) >= 11 is 0. The third-order valence-corrected chi connectivity index (χ3v) is 4.26. The Bertz CT molecular complexity index is 392. The van der Waals surface area contributed by atoms with Crippen molar-refractivity contribution in [1.82, 2.24) is 15.1 Å². The van der Waals surface area contributed by atoms with Crippen LogP contribution in [-0.4, -0.2) is 22.9 Å². The van der Waals surface area contributed by atoms with Gasteiger partial charge in [0.2, 0.25) is 0 Å². The van der Waals surface area contributed by atoms with Crippen LogP contribution in [0.5, 0.6) is 0 Å². The van der Waals surface area contributed by atoms with Crippen molar-refractivity contribution in [2.24, 2.45) is 17.3 Å². The van der Waals surface area contributed by atoms with Crippen molar-refractivity contribution < 1.29 is 0 Å². The van der Waals surface area contributed by atoms with Crippen molar-refractivity contribution in [1.29, 1.82) is 0 Å². The quantitative estimate of drug-likeness (QED) is 0.781. The molecule has 1 saturated carbocycles. The molecule has 2 rings (SSSR count). The Kier molecular flexibility index (Phi) is 4.67. The molecule has 0 amide bonds. The van der Waals surface area contributed by atoms with Crippen LogP contribution in [0.25, 0.3) is 0 Å². The number of hydrogen-bond donors (Lipinski definition) is 1. The molecule has 1 N–H and O–H groups in total. The van der Waals surface area contributed by atoms with Crippen LogP contribution in [0.1, 0.15) is 46.1 Å². The lowest BCUT2D eigenvalue weighted by Crippen LogP contribution is -2.37. The van der Waals surface area contributed by atoms with E-state index in [4.69, 9.17) is 0 Å². The van der Waals surface area contributed by atoms with Crippen LogP contribution >= 0.6 is 0 Å². The molecular weight excluding hydrogens is 234 g/mol. The Morgan fingerprint density at radius 3 is 2.74 bits per heavy atom. The van der Waals surface area contributed by atoms with Gasteiger partial charge in [-0.2, -0.15) is 5.10 Å². The second kappa shape index (κ2) is 6.08. The van der Waals surface area contributed by atoms with Crippen molar-refractivity contribution in [2.75, 3.05) is 13.1 Å². The number of nitrogens with one attached hydrogen (secondary N) is 1. The first-order valence-corrected chi connectivity index (χ1v) is 7.75. The van der Waals surface area contributed by atoms with Gasteiger partial charge >= 0.3 is 0 Å². The van der Waals surface area contributed by atoms with Gasteiger partial charge in [-0.05, 0) is 55.5 Å². The number of nitrogens with zero attached hydrogens (tertiary/aromatic N) is 2. The van der Waals surface area contributed by atoms with E-state index in [1.165, 1.54) is 18.4 Å². The zero-order valence-electron chi connectivity index (χ0n) is 12.9. The molecule has 0 bridgehead atoms. The SMILES string of the molecule is CCn1cc(CC(C)(CNCC(C)C)C2CC2)cn1. The van der Waals surface area contributed by atoms with Gasteiger partial charge in [0.25, 0.3) is 0 Å². The molecule has 0 saturated heterocycles. The number of aryl methyl sites for hydroxylation is 1. The lowest BCUT2D eigenvalue weighted by molar-refractivity contribution is 0.252. The van der Waals surface area contributed by atoms with E-state index >= 15 is 0 Å². The molecule has 1 atom stereocenters. The molecule has 19 heavy (non-hydrogen) atoms. The summed E-state index contributed by atoms with van der Waals surface area (Å²) in [6, 6.07) is 0. The van der Waals surface area contributed by atoms with E-state index in [2.05, 4.69) is 44.3 Å². The van der Waals surface area contributed by atoms with Gasteiger partial charge in [-0.25, -0.2) is 0 Å². The molecule has 0 aromatic carbocycles. The van der Waals surface area contributed by atoms with E-state index in [0.29, 0.717) is 5.41 Å². The van der Waals surface area contributed by atoms with Gasteiger partial charge in [-0.1, -0.05) is 20.8 Å². The molecule has 1 aliphatic carbocycles. The molecule has 1 aliphatic rings. The topological polar surface area (TPSA) is 29.9 Å². The molecule has 0 spiro atoms. The van der Waals surface area contributed by atoms with Crippen LogP contribution in [-0.2, 0) is 13.0 Å². The highest BCUT2D eigenvalue weighted by molar-refractivity contribution is 5.10. The molecule has 0 radical (unpaired) electrons. The van der Waals surface area contributed by atoms with Crippen LogP contribution < -0.4 is 5.32 Å². The molecular formula is C16H29N3. The fraction of sp³-hybridized carbons (Fsp3) is 0.812. The minimum Gasteiger partial charge on any atom is -0.316 e. The molecule has 1 fully saturated rings. The van der Waals surface area contributed by atoms with Crippen LogP contribution in [0.3, 0.4) is 0 Å². The lowest BCUT2D eigenvalue weighted by atomic mass is 9.79. The Hall–Kier alpha value is -0.830. The standard InChI is InChI=1S/C16H29N3/c1-5-19-11-14(10-18-19)8-16(4,15-6-7-15)12-17-9-13(2)3/h10-11,13,15,17H,5-9,12H2,1-4H3. The van der Waals surface area contributed by atoms with E-state index in [-0.39, 0.29) is 0 Å². The third-order valence-electron chi connectivity index (χ3n) is 4.26. The summed E-state index contributed by atoms with van der Waals surface area (Å²) in [6.45, 7) is 12.3. The van der Waals surface area contributed by atoms with Crippen LogP contribution in [0.15, 0.2) is 12.4 Å². The average molecular weight is 263 g/mol. The summed E-state index contributed by atoms with van der Waals surface area (Å²) in [4.78, 5) is 0. The van der Waals surface area contributed by atoms with Crippen LogP contribution in [0.4, 0.5) is 0 Å². The summed E-state index contributed by atoms with van der Waals surface area (Å²) < 4.78 is 2.03. The van der Waals surface area contributed by atoms with E-state index in [0.717, 1.165) is 37.9 Å². The Balaban J connectivity index is 1.94. The maximum Gasteiger partial charge on any atom is 0.0521 e. The van der Waals surface area contributed by atoms with E-state index in [9.17, 15) is 0 Å². The second-order valence-electron chi connectivity index (χ2n) is 6.83. The van der Waals surface area contributed by atoms with E-state index in [1.807, 2.05) is 10.9 Å². The zero-order valence-corrected chi connectivity index (χ0v) is 12.9. The number of aromatic nitrogens is 2. The molecule has 1 heterocycles. The maximum atomic E-state index is 4.40. The van der Waals surface area contributed by atoms with Gasteiger partial charge in [-0.3, -0.25) is 4.68 Å². The summed E-state index contributed by atoms with van der Waals surface area (Å²) in [5.74, 6) is 1.63. The summed E-state index contributed by atoms with van der Waals surface area (Å²) in [6.07, 6.45) is 8.22. The summed E-state index contributed by atoms with van der Waals surface area (Å²) in [5.41, 5.74) is 1.79. The van der Waals surface area contributed by atoms with Gasteiger partial charge in [0, 0.05) is 19.3 Å². The van der Waals surface area contributed by atoms with Crippen molar-refractivity contribution in [3.63, 3.8) is 0 Å². The number of hydrogen-bond acceptors (Lipinski definition) is 2. The monoisotopic (exact) mass is 263 g/mol. The first-order chi connectivity index (χ1) is 9.03. The van der Waals surface area contributed by atoms with Crippen LogP contribution in [0, 0.1) is 17.3 Å². The Morgan fingerprint density at radius 2 is 2.21 bits per heavy atom. The summed E-state index contributed by atoms with van der Waals surface area (Å²) in [7, 11) is 0. The Labute approximate surface area is 117 Å². The third kappa shape index (κ3) is 4.07. The van der Waals surface area contributed by atoms with Gasteiger partial charge in [0.1, 0.15) is 0 Å². The molecule has 0 aliphatic heterocycles. The fourth-order valence-corrected chi connectivity index (χ4v) is 2.91. The van der Waals surface area contributed by atoms with Crippen molar-refractivity contribution in [3.8, 4) is 0 Å². The fourth-order valence-electron chi connectivity index (χ4n) is 2.91. The summed E-state index contributed by atoms with van der Waals surface area (Å²) in [5, 5.41) is 8.06. The second-order valence-corrected chi connectivity index (χ2v) is 6.83. The smallest absolute Gasteiger partial charge is 0.0521 e.